The maximum Gasteiger partial charge on any atom is -0.0288 e. The standard InChI is InChI=1S/3C12H24.2C11H22.2C10H18.3C9H16/c1-9(2)10-11(3,4)7-8-12(10,5)6;1-7-12(6)8-10(2,3)11(4,5)9-12;1-6-10-7-11(2,3)9-12(4,5)8-10;1-6-9-7-10(2,3)11(4,5)8-9;1-6-9-10(2,3)7-8-11(9,4)5;1-7-8-4-5-9(6-8)10(7,2)3;1-8-7-9-3-5-10(8,2)6-4-9;1-6-7(2)9-4-3-8(6)5-9;1-7-6-8-2-4-9(7)5-3-8;1-2-8-5-7-3-4-9(8)6-7/h9-10H,7-8H2,1-6H3;7-9H2,1-6H3;10H,6-9H2,1-5H3;2*9H,6-8H2,1-5H3;7-9H,4-6H2,1-3H3;8-9H,3-7H2,1-2H3;6-9H,3-5H2,1-2H3;2*7-9H,2-6H2,1H3/t;;;;;7-,8?,9?;8-,9?,10?;6-,7?,8?,9?;7-,8?,9?;7?,8-,9?/m.....10000/s1. The first kappa shape index (κ1) is 93.9. The predicted molar refractivity (Wildman–Crippen MR) is 472 cm³/mol. The van der Waals surface area contributed by atoms with Crippen LogP contribution < -0.4 is 0 Å². The van der Waals surface area contributed by atoms with Crippen LogP contribution in [-0.2, 0) is 0 Å². The molecule has 17 saturated carbocycles. The first-order valence-electron chi connectivity index (χ1n) is 48.0. The summed E-state index contributed by atoms with van der Waals surface area (Å²) < 4.78 is 0. The van der Waals surface area contributed by atoms with Gasteiger partial charge in [-0.2, -0.15) is 0 Å². The van der Waals surface area contributed by atoms with Crippen LogP contribution >= 0.6 is 0 Å². The Morgan fingerprint density at radius 1 is 0.333 bits per heavy atom. The van der Waals surface area contributed by atoms with Crippen molar-refractivity contribution in [2.24, 2.45) is 189 Å². The molecular formula is C105H200. The summed E-state index contributed by atoms with van der Waals surface area (Å²) in [5.41, 5.74) is 7.69. The molecule has 0 N–H and O–H groups in total. The summed E-state index contributed by atoms with van der Waals surface area (Å²) in [7, 11) is 0. The van der Waals surface area contributed by atoms with Gasteiger partial charge < -0.3 is 0 Å². The number of rotatable bonds is 6. The van der Waals surface area contributed by atoms with E-state index in [0.29, 0.717) is 65.0 Å². The van der Waals surface area contributed by atoms with E-state index in [4.69, 9.17) is 0 Å². The second-order valence-corrected chi connectivity index (χ2v) is 51.1. The zero-order chi connectivity index (χ0) is 79.5. The second kappa shape index (κ2) is 36.4. The topological polar surface area (TPSA) is 0 Å². The highest BCUT2D eigenvalue weighted by molar-refractivity contribution is 5.04. The van der Waals surface area contributed by atoms with Gasteiger partial charge in [-0.05, 0) is 369 Å². The molecule has 0 aromatic heterocycles. The van der Waals surface area contributed by atoms with E-state index in [1.54, 1.807) is 64.2 Å². The molecule has 105 heavy (non-hydrogen) atoms. The van der Waals surface area contributed by atoms with Gasteiger partial charge in [-0.15, -0.1) is 0 Å². The van der Waals surface area contributed by atoms with Crippen LogP contribution in [0.4, 0.5) is 0 Å². The minimum atomic E-state index is 0.526. The number of hydrogen-bond acceptors (Lipinski definition) is 0. The fourth-order valence-electron chi connectivity index (χ4n) is 30.0. The Balaban J connectivity index is 0.000000183. The van der Waals surface area contributed by atoms with Crippen molar-refractivity contribution in [2.75, 3.05) is 0 Å². The van der Waals surface area contributed by atoms with E-state index in [0.717, 1.165) is 124 Å². The third-order valence-electron chi connectivity index (χ3n) is 38.3. The van der Waals surface area contributed by atoms with Crippen molar-refractivity contribution in [3.05, 3.63) is 0 Å². The number of fused-ring (bicyclic) bond motifs is 12. The fraction of sp³-hybridized carbons (Fsp3) is 1.00. The monoisotopic (exact) mass is 1460 g/mol. The Morgan fingerprint density at radius 3 is 0.990 bits per heavy atom. The molecule has 0 saturated heterocycles. The molecular weight excluding hydrogens is 1260 g/mol. The van der Waals surface area contributed by atoms with Gasteiger partial charge in [0.05, 0.1) is 0 Å². The maximum atomic E-state index is 2.49. The van der Waals surface area contributed by atoms with Gasteiger partial charge in [0, 0.05) is 0 Å². The molecule has 17 aliphatic rings. The molecule has 0 spiro atoms. The fourth-order valence-corrected chi connectivity index (χ4v) is 30.0. The Hall–Kier alpha value is 0. The SMILES string of the molecule is CC(C)C1C(C)(C)CCC1(C)C.CC1C2CCC(C2)[C@H]1C.CCC1(C)CC(C)(C)C(C)(C)C1.CCC1C(C)(C)CCC1(C)C.CCC1CC(C)(C)C(C)(C)C1.CCC1CC(C)(C)CC(C)(C)C1.CC[C@H]1CC2CCC1C2.C[C@@H]1C2CCC(C2)C1(C)C.C[C@H]1CC2CCC1(C)CC2.C[C@H]1CC2CCC1CC2. The maximum absolute atomic E-state index is 2.49. The summed E-state index contributed by atoms with van der Waals surface area (Å²) in [4.78, 5) is 0. The molecule has 0 aliphatic heterocycles. The van der Waals surface area contributed by atoms with Gasteiger partial charge in [0.15, 0.2) is 0 Å². The van der Waals surface area contributed by atoms with Crippen molar-refractivity contribution in [3.63, 3.8) is 0 Å². The summed E-state index contributed by atoms with van der Waals surface area (Å²) in [5, 5.41) is 0. The molecule has 7 unspecified atom stereocenters. The smallest absolute Gasteiger partial charge is 0.0288 e. The molecule has 620 valence electrons. The molecule has 17 rings (SSSR count). The molecule has 0 aromatic carbocycles. The van der Waals surface area contributed by atoms with Gasteiger partial charge in [-0.3, -0.25) is 0 Å². The first-order chi connectivity index (χ1) is 48.0. The lowest BCUT2D eigenvalue weighted by atomic mass is 9.57. The van der Waals surface area contributed by atoms with E-state index in [2.05, 4.69) is 249 Å². The van der Waals surface area contributed by atoms with Gasteiger partial charge in [0.25, 0.3) is 0 Å². The van der Waals surface area contributed by atoms with E-state index < -0.39 is 0 Å². The minimum Gasteiger partial charge on any atom is -0.0651 e. The average Bonchev–Trinajstić information content (AvgIpc) is 1.60. The van der Waals surface area contributed by atoms with Crippen molar-refractivity contribution < 1.29 is 0 Å². The largest absolute Gasteiger partial charge is 0.0651 e. The third kappa shape index (κ3) is 24.1. The van der Waals surface area contributed by atoms with Crippen molar-refractivity contribution in [2.45, 2.75) is 480 Å². The van der Waals surface area contributed by atoms with Crippen LogP contribution in [0.25, 0.3) is 0 Å². The van der Waals surface area contributed by atoms with Crippen molar-refractivity contribution in [1.29, 1.82) is 0 Å². The van der Waals surface area contributed by atoms with Crippen LogP contribution in [0, 0.1) is 189 Å². The molecule has 0 amide bonds. The highest BCUT2D eigenvalue weighted by atomic mass is 14.6. The van der Waals surface area contributed by atoms with E-state index >= 15 is 0 Å². The van der Waals surface area contributed by atoms with Crippen LogP contribution in [0.1, 0.15) is 480 Å². The molecule has 10 bridgehead atoms. The molecule has 17 aliphatic carbocycles. The van der Waals surface area contributed by atoms with Crippen molar-refractivity contribution in [3.8, 4) is 0 Å². The predicted octanol–water partition coefficient (Wildman–Crippen LogP) is 35.0. The lowest BCUT2D eigenvalue weighted by molar-refractivity contribution is 0.0209. The zero-order valence-electron chi connectivity index (χ0n) is 79.5. The number of hydrogen-bond donors (Lipinski definition) is 0. The van der Waals surface area contributed by atoms with Gasteiger partial charge in [-0.1, -0.05) is 301 Å². The van der Waals surface area contributed by atoms with E-state index in [1.807, 2.05) is 0 Å². The van der Waals surface area contributed by atoms with E-state index in [1.165, 1.54) is 167 Å². The molecule has 0 heteroatoms. The van der Waals surface area contributed by atoms with Crippen LogP contribution in [0.2, 0.25) is 0 Å². The van der Waals surface area contributed by atoms with Gasteiger partial charge in [0.2, 0.25) is 0 Å². The summed E-state index contributed by atoms with van der Waals surface area (Å²) in [6, 6.07) is 0. The molecule has 12 atom stereocenters. The lowest BCUT2D eigenvalue weighted by Crippen LogP contribution is -2.38. The highest BCUT2D eigenvalue weighted by Gasteiger charge is 2.54. The van der Waals surface area contributed by atoms with Crippen LogP contribution in [-0.4, -0.2) is 0 Å². The second-order valence-electron chi connectivity index (χ2n) is 51.1. The molecule has 17 fully saturated rings. The van der Waals surface area contributed by atoms with Crippen LogP contribution in [0.15, 0.2) is 0 Å². The Morgan fingerprint density at radius 2 is 0.752 bits per heavy atom. The Bertz CT molecular complexity index is 2420. The van der Waals surface area contributed by atoms with Gasteiger partial charge in [0.1, 0.15) is 0 Å². The lowest BCUT2D eigenvalue weighted by Gasteiger charge is -2.49. The van der Waals surface area contributed by atoms with Gasteiger partial charge >= 0.3 is 0 Å². The van der Waals surface area contributed by atoms with E-state index in [-0.39, 0.29) is 0 Å². The van der Waals surface area contributed by atoms with Gasteiger partial charge in [-0.25, -0.2) is 0 Å². The Labute approximate surface area is 665 Å². The molecule has 0 radical (unpaired) electrons. The summed E-state index contributed by atoms with van der Waals surface area (Å²) >= 11 is 0. The van der Waals surface area contributed by atoms with Crippen molar-refractivity contribution >= 4 is 0 Å². The quantitative estimate of drug-likeness (QED) is 0.249. The van der Waals surface area contributed by atoms with Crippen LogP contribution in [0.5, 0.6) is 0 Å². The minimum absolute atomic E-state index is 0.526. The van der Waals surface area contributed by atoms with E-state index in [9.17, 15) is 0 Å². The molecule has 0 nitrogen and oxygen atoms in total. The Kier molecular flexibility index (Phi) is 32.6. The summed E-state index contributed by atoms with van der Waals surface area (Å²) in [6.07, 6.45) is 53.2. The third-order valence-corrected chi connectivity index (χ3v) is 38.3. The molecule has 0 aromatic rings. The highest BCUT2D eigenvalue weighted by Crippen LogP contribution is 2.63. The summed E-state index contributed by atoms with van der Waals surface area (Å²) in [6.45, 7) is 87.0. The first-order valence-corrected chi connectivity index (χ1v) is 48.0. The van der Waals surface area contributed by atoms with Crippen molar-refractivity contribution in [1.82, 2.24) is 0 Å². The summed E-state index contributed by atoms with van der Waals surface area (Å²) in [5.74, 6) is 20.9. The normalized spacial score (nSPS) is 39.2. The molecule has 0 heterocycles. The van der Waals surface area contributed by atoms with Crippen LogP contribution in [0.3, 0.4) is 0 Å². The average molecular weight is 1460 g/mol. The zero-order valence-corrected chi connectivity index (χ0v) is 79.5.